The van der Waals surface area contributed by atoms with Crippen LogP contribution in [0.5, 0.6) is 0 Å². The van der Waals surface area contributed by atoms with Crippen molar-refractivity contribution in [2.45, 2.75) is 36.9 Å². The van der Waals surface area contributed by atoms with Crippen LogP contribution in [-0.4, -0.2) is 31.8 Å². The van der Waals surface area contributed by atoms with Crippen molar-refractivity contribution >= 4 is 23.4 Å². The summed E-state index contributed by atoms with van der Waals surface area (Å²) in [6.45, 7) is 3.87. The van der Waals surface area contributed by atoms with Crippen molar-refractivity contribution in [2.75, 3.05) is 11.6 Å². The monoisotopic (exact) mass is 258 g/mol. The Morgan fingerprint density at radius 2 is 2.25 bits per heavy atom. The molecule has 0 atom stereocenters. The van der Waals surface area contributed by atoms with E-state index in [1.165, 1.54) is 25.7 Å². The zero-order valence-corrected chi connectivity index (χ0v) is 10.7. The summed E-state index contributed by atoms with van der Waals surface area (Å²) in [5, 5.41) is 12.8. The summed E-state index contributed by atoms with van der Waals surface area (Å²) in [5.74, 6) is 1.29. The second-order valence-corrected chi connectivity index (χ2v) is 5.23. The van der Waals surface area contributed by atoms with Crippen molar-refractivity contribution in [3.05, 3.63) is 12.2 Å². The minimum Gasteiger partial charge on any atom is -0.217 e. The van der Waals surface area contributed by atoms with Gasteiger partial charge in [-0.3, -0.25) is 0 Å². The van der Waals surface area contributed by atoms with Crippen molar-refractivity contribution in [3.8, 4) is 0 Å². The van der Waals surface area contributed by atoms with Crippen LogP contribution < -0.4 is 0 Å². The van der Waals surface area contributed by atoms with Gasteiger partial charge in [-0.25, -0.2) is 4.68 Å². The largest absolute Gasteiger partial charge is 0.217 e. The van der Waals surface area contributed by atoms with E-state index in [-0.39, 0.29) is 0 Å². The molecule has 0 spiro atoms. The van der Waals surface area contributed by atoms with Gasteiger partial charge >= 0.3 is 0 Å². The van der Waals surface area contributed by atoms with Crippen LogP contribution in [0.3, 0.4) is 0 Å². The Kier molecular flexibility index (Phi) is 4.23. The number of hydrogen-bond donors (Lipinski definition) is 0. The number of rotatable bonds is 5. The maximum atomic E-state index is 5.69. The lowest BCUT2D eigenvalue weighted by Crippen LogP contribution is -2.08. The average Bonchev–Trinajstić information content (AvgIpc) is 2.95. The van der Waals surface area contributed by atoms with Crippen LogP contribution in [0.2, 0.25) is 0 Å². The molecule has 1 aromatic rings. The zero-order chi connectivity index (χ0) is 11.4. The maximum Gasteiger partial charge on any atom is 0.209 e. The first-order valence-electron chi connectivity index (χ1n) is 5.44. The molecule has 0 aliphatic heterocycles. The molecule has 0 saturated heterocycles. The zero-order valence-electron chi connectivity index (χ0n) is 9.10. The smallest absolute Gasteiger partial charge is 0.209 e. The summed E-state index contributed by atoms with van der Waals surface area (Å²) >= 11 is 7.30. The summed E-state index contributed by atoms with van der Waals surface area (Å²) in [6.07, 6.45) is 4.94. The first-order chi connectivity index (χ1) is 7.81. The first kappa shape index (κ1) is 11.9. The van der Waals surface area contributed by atoms with Crippen LogP contribution in [-0.2, 0) is 0 Å². The molecule has 1 saturated carbocycles. The van der Waals surface area contributed by atoms with Gasteiger partial charge in [-0.15, -0.1) is 16.7 Å². The number of nitrogens with zero attached hydrogens (tertiary/aromatic N) is 4. The van der Waals surface area contributed by atoms with E-state index in [9.17, 15) is 0 Å². The van der Waals surface area contributed by atoms with Gasteiger partial charge in [0, 0.05) is 11.6 Å². The molecule has 88 valence electrons. The maximum absolute atomic E-state index is 5.69. The predicted octanol–water partition coefficient (Wildman–Crippen LogP) is 2.68. The number of halogens is 1. The lowest BCUT2D eigenvalue weighted by Gasteiger charge is -2.10. The second-order valence-electron chi connectivity index (χ2n) is 4.02. The Morgan fingerprint density at radius 1 is 1.50 bits per heavy atom. The van der Waals surface area contributed by atoms with Crippen molar-refractivity contribution in [1.29, 1.82) is 0 Å². The quantitative estimate of drug-likeness (QED) is 0.463. The SMILES string of the molecule is C=C(CCl)CSc1nnnn1C1CCCC1. The predicted molar refractivity (Wildman–Crippen MR) is 65.9 cm³/mol. The molecule has 1 aromatic heterocycles. The molecule has 1 aliphatic carbocycles. The summed E-state index contributed by atoms with van der Waals surface area (Å²) in [4.78, 5) is 0. The number of hydrogen-bond acceptors (Lipinski definition) is 4. The molecule has 2 rings (SSSR count). The Bertz CT molecular complexity index is 359. The highest BCUT2D eigenvalue weighted by Gasteiger charge is 2.21. The van der Waals surface area contributed by atoms with E-state index in [1.807, 2.05) is 4.68 Å². The van der Waals surface area contributed by atoms with Gasteiger partial charge in [-0.05, 0) is 23.3 Å². The van der Waals surface area contributed by atoms with E-state index in [0.29, 0.717) is 11.9 Å². The molecule has 0 radical (unpaired) electrons. The molecule has 4 nitrogen and oxygen atoms in total. The van der Waals surface area contributed by atoms with Gasteiger partial charge in [0.05, 0.1) is 6.04 Å². The van der Waals surface area contributed by atoms with E-state index >= 15 is 0 Å². The van der Waals surface area contributed by atoms with E-state index in [1.54, 1.807) is 11.8 Å². The molecular weight excluding hydrogens is 244 g/mol. The number of aromatic nitrogens is 4. The Morgan fingerprint density at radius 3 is 2.94 bits per heavy atom. The third-order valence-corrected chi connectivity index (χ3v) is 4.19. The Balaban J connectivity index is 1.98. The van der Waals surface area contributed by atoms with Crippen molar-refractivity contribution < 1.29 is 0 Å². The Hall–Kier alpha value is -0.550. The fourth-order valence-electron chi connectivity index (χ4n) is 1.86. The van der Waals surface area contributed by atoms with E-state index in [0.717, 1.165) is 16.5 Å². The average molecular weight is 259 g/mol. The molecule has 0 aromatic carbocycles. The van der Waals surface area contributed by atoms with Crippen molar-refractivity contribution in [2.24, 2.45) is 0 Å². The highest BCUT2D eigenvalue weighted by atomic mass is 35.5. The number of tetrazole rings is 1. The van der Waals surface area contributed by atoms with Crippen LogP contribution in [0.15, 0.2) is 17.3 Å². The van der Waals surface area contributed by atoms with Crippen molar-refractivity contribution in [1.82, 2.24) is 20.2 Å². The van der Waals surface area contributed by atoms with Gasteiger partial charge in [0.25, 0.3) is 0 Å². The minimum atomic E-state index is 0.488. The fourth-order valence-corrected chi connectivity index (χ4v) is 2.92. The van der Waals surface area contributed by atoms with Gasteiger partial charge in [-0.2, -0.15) is 0 Å². The highest BCUT2D eigenvalue weighted by molar-refractivity contribution is 7.99. The third kappa shape index (κ3) is 2.77. The summed E-state index contributed by atoms with van der Waals surface area (Å²) < 4.78 is 1.96. The van der Waals surface area contributed by atoms with Crippen LogP contribution in [0.1, 0.15) is 31.7 Å². The molecule has 16 heavy (non-hydrogen) atoms. The van der Waals surface area contributed by atoms with Crippen LogP contribution in [0.4, 0.5) is 0 Å². The lowest BCUT2D eigenvalue weighted by molar-refractivity contribution is 0.423. The normalized spacial score (nSPS) is 16.8. The van der Waals surface area contributed by atoms with E-state index < -0.39 is 0 Å². The van der Waals surface area contributed by atoms with Crippen LogP contribution in [0, 0.1) is 0 Å². The molecule has 0 N–H and O–H groups in total. The van der Waals surface area contributed by atoms with Gasteiger partial charge in [-0.1, -0.05) is 36.8 Å². The van der Waals surface area contributed by atoms with Crippen LogP contribution >= 0.6 is 23.4 Å². The van der Waals surface area contributed by atoms with Gasteiger partial charge in [0.15, 0.2) is 0 Å². The molecule has 1 aliphatic rings. The molecule has 1 heterocycles. The summed E-state index contributed by atoms with van der Waals surface area (Å²) in [7, 11) is 0. The topological polar surface area (TPSA) is 43.6 Å². The number of alkyl halides is 1. The van der Waals surface area contributed by atoms with Gasteiger partial charge in [0.1, 0.15) is 0 Å². The fraction of sp³-hybridized carbons (Fsp3) is 0.700. The molecule has 0 unspecified atom stereocenters. The lowest BCUT2D eigenvalue weighted by atomic mass is 10.3. The van der Waals surface area contributed by atoms with Gasteiger partial charge < -0.3 is 0 Å². The van der Waals surface area contributed by atoms with Gasteiger partial charge in [0.2, 0.25) is 5.16 Å². The molecule has 6 heteroatoms. The first-order valence-corrected chi connectivity index (χ1v) is 6.96. The molecule has 0 amide bonds. The minimum absolute atomic E-state index is 0.488. The third-order valence-electron chi connectivity index (χ3n) is 2.73. The van der Waals surface area contributed by atoms with Crippen molar-refractivity contribution in [3.63, 3.8) is 0 Å². The second kappa shape index (κ2) is 5.68. The highest BCUT2D eigenvalue weighted by Crippen LogP contribution is 2.31. The Labute approximate surface area is 104 Å². The molecule has 0 bridgehead atoms. The van der Waals surface area contributed by atoms with E-state index in [2.05, 4.69) is 22.1 Å². The summed E-state index contributed by atoms with van der Waals surface area (Å²) in [5.41, 5.74) is 1.01. The van der Waals surface area contributed by atoms with E-state index in [4.69, 9.17) is 11.6 Å². The number of thioether (sulfide) groups is 1. The standard InChI is InChI=1S/C10H15ClN4S/c1-8(6-11)7-16-10-12-13-14-15(10)9-4-2-3-5-9/h9H,1-7H2. The molecule has 1 fully saturated rings. The van der Waals surface area contributed by atoms with Crippen LogP contribution in [0.25, 0.3) is 0 Å². The molecular formula is C10H15ClN4S. The summed E-state index contributed by atoms with van der Waals surface area (Å²) in [6, 6.07) is 0.488.